The summed E-state index contributed by atoms with van der Waals surface area (Å²) in [6.07, 6.45) is 1.61. The third-order valence-electron chi connectivity index (χ3n) is 5.73. The van der Waals surface area contributed by atoms with Crippen molar-refractivity contribution in [1.82, 2.24) is 19.3 Å². The summed E-state index contributed by atoms with van der Waals surface area (Å²) in [4.78, 5) is 30.9. The predicted octanol–water partition coefficient (Wildman–Crippen LogP) is 2.84. The average Bonchev–Trinajstić information content (AvgIpc) is 3.52. The third kappa shape index (κ3) is 4.07. The topological polar surface area (TPSA) is 101 Å². The highest BCUT2D eigenvalue weighted by molar-refractivity contribution is 5.77. The zero-order valence-electron chi connectivity index (χ0n) is 18.3. The molecule has 0 amide bonds. The van der Waals surface area contributed by atoms with Gasteiger partial charge in [0.15, 0.2) is 0 Å². The lowest BCUT2D eigenvalue weighted by Crippen LogP contribution is -2.42. The van der Waals surface area contributed by atoms with Gasteiger partial charge in [-0.1, -0.05) is 29.4 Å². The van der Waals surface area contributed by atoms with Crippen LogP contribution < -0.4 is 16.0 Å². The van der Waals surface area contributed by atoms with Crippen molar-refractivity contribution in [3.05, 3.63) is 75.3 Å². The Morgan fingerprint density at radius 2 is 1.91 bits per heavy atom. The van der Waals surface area contributed by atoms with Gasteiger partial charge in [0, 0.05) is 6.61 Å². The van der Waals surface area contributed by atoms with E-state index in [1.807, 2.05) is 31.2 Å². The molecule has 9 heteroatoms. The molecular formula is C24H24N4O5. The molecule has 1 atom stereocenters. The van der Waals surface area contributed by atoms with Crippen LogP contribution in [-0.4, -0.2) is 38.6 Å². The van der Waals surface area contributed by atoms with Gasteiger partial charge in [0.1, 0.15) is 12.3 Å². The summed E-state index contributed by atoms with van der Waals surface area (Å²) in [7, 11) is 0. The number of aromatic nitrogens is 4. The van der Waals surface area contributed by atoms with Crippen LogP contribution in [0.2, 0.25) is 0 Å². The van der Waals surface area contributed by atoms with Gasteiger partial charge in [-0.15, -0.1) is 0 Å². The maximum Gasteiger partial charge on any atom is 0.332 e. The van der Waals surface area contributed by atoms with Crippen molar-refractivity contribution in [1.29, 1.82) is 0 Å². The number of ether oxygens (including phenoxy) is 2. The zero-order chi connectivity index (χ0) is 22.8. The van der Waals surface area contributed by atoms with Crippen LogP contribution in [0.1, 0.15) is 25.7 Å². The highest BCUT2D eigenvalue weighted by atomic mass is 16.5. The molecule has 0 spiro atoms. The third-order valence-corrected chi connectivity index (χ3v) is 5.73. The molecule has 0 N–H and O–H groups in total. The van der Waals surface area contributed by atoms with Crippen molar-refractivity contribution in [2.75, 3.05) is 13.2 Å². The number of benzene rings is 2. The average molecular weight is 448 g/mol. The van der Waals surface area contributed by atoms with E-state index in [9.17, 15) is 9.59 Å². The highest BCUT2D eigenvalue weighted by Gasteiger charge is 2.22. The minimum absolute atomic E-state index is 0.0367. The number of hydrogen-bond donors (Lipinski definition) is 0. The maximum atomic E-state index is 13.4. The van der Waals surface area contributed by atoms with Crippen LogP contribution in [0, 0.1) is 0 Å². The monoisotopic (exact) mass is 448 g/mol. The van der Waals surface area contributed by atoms with Gasteiger partial charge in [-0.2, -0.15) is 4.98 Å². The largest absolute Gasteiger partial charge is 0.493 e. The lowest BCUT2D eigenvalue weighted by atomic mass is 10.2. The first-order valence-electron chi connectivity index (χ1n) is 11.0. The normalized spacial score (nSPS) is 15.8. The molecule has 0 radical (unpaired) electrons. The van der Waals surface area contributed by atoms with E-state index in [1.54, 1.807) is 24.3 Å². The van der Waals surface area contributed by atoms with Gasteiger partial charge in [-0.05, 0) is 44.0 Å². The molecule has 3 heterocycles. The molecule has 0 aliphatic carbocycles. The molecule has 4 aromatic rings. The van der Waals surface area contributed by atoms with Gasteiger partial charge in [0.2, 0.25) is 11.7 Å². The molecule has 9 nitrogen and oxygen atoms in total. The summed E-state index contributed by atoms with van der Waals surface area (Å²) >= 11 is 0. The van der Waals surface area contributed by atoms with Crippen molar-refractivity contribution in [2.24, 2.45) is 0 Å². The molecule has 1 aliphatic heterocycles. The first kappa shape index (κ1) is 21.1. The summed E-state index contributed by atoms with van der Waals surface area (Å²) in [6, 6.07) is 14.5. The maximum absolute atomic E-state index is 13.4. The Morgan fingerprint density at radius 3 is 2.73 bits per heavy atom. The van der Waals surface area contributed by atoms with Crippen LogP contribution >= 0.6 is 0 Å². The Labute approximate surface area is 189 Å². The minimum atomic E-state index is -0.427. The van der Waals surface area contributed by atoms with E-state index in [-0.39, 0.29) is 30.6 Å². The number of para-hydroxylation sites is 2. The fourth-order valence-electron chi connectivity index (χ4n) is 4.17. The molecule has 0 bridgehead atoms. The fraction of sp³-hybridized carbons (Fsp3) is 0.333. The molecule has 1 fully saturated rings. The van der Waals surface area contributed by atoms with E-state index in [4.69, 9.17) is 14.0 Å². The summed E-state index contributed by atoms with van der Waals surface area (Å²) in [5.41, 5.74) is 0.475. The Hall–Kier alpha value is -3.72. The lowest BCUT2D eigenvalue weighted by Gasteiger charge is -2.15. The molecule has 2 aromatic heterocycles. The molecule has 0 unspecified atom stereocenters. The molecular weight excluding hydrogens is 424 g/mol. The molecule has 33 heavy (non-hydrogen) atoms. The van der Waals surface area contributed by atoms with Crippen molar-refractivity contribution in [3.63, 3.8) is 0 Å². The van der Waals surface area contributed by atoms with Crippen LogP contribution in [0.4, 0.5) is 0 Å². The lowest BCUT2D eigenvalue weighted by molar-refractivity contribution is 0.0948. The first-order chi connectivity index (χ1) is 16.2. The van der Waals surface area contributed by atoms with Crippen molar-refractivity contribution < 1.29 is 14.0 Å². The molecule has 2 aromatic carbocycles. The number of rotatable bonds is 7. The Kier molecular flexibility index (Phi) is 5.78. The van der Waals surface area contributed by atoms with E-state index in [2.05, 4.69) is 10.1 Å². The smallest absolute Gasteiger partial charge is 0.332 e. The van der Waals surface area contributed by atoms with Gasteiger partial charge in [0.25, 0.3) is 5.56 Å². The highest BCUT2D eigenvalue weighted by Crippen LogP contribution is 2.27. The summed E-state index contributed by atoms with van der Waals surface area (Å²) in [6.45, 7) is 3.32. The molecule has 5 rings (SSSR count). The van der Waals surface area contributed by atoms with Crippen LogP contribution in [-0.2, 0) is 17.8 Å². The standard InChI is InChI=1S/C24H24N4O5/c1-2-31-20-12-6-4-10-18(20)22-25-21(33-26-22)15-27-19-11-5-3-9-17(19)23(29)28(24(27)30)14-16-8-7-13-32-16/h3-6,9-12,16H,2,7-8,13-15H2,1H3/t16-/m1/s1. The predicted molar refractivity (Wildman–Crippen MR) is 121 cm³/mol. The summed E-state index contributed by atoms with van der Waals surface area (Å²) < 4.78 is 19.5. The van der Waals surface area contributed by atoms with E-state index >= 15 is 0 Å². The Bertz CT molecular complexity index is 1400. The molecule has 1 aliphatic rings. The van der Waals surface area contributed by atoms with Crippen molar-refractivity contribution in [2.45, 2.75) is 39.0 Å². The minimum Gasteiger partial charge on any atom is -0.493 e. The molecule has 1 saturated heterocycles. The van der Waals surface area contributed by atoms with Crippen LogP contribution in [0.5, 0.6) is 5.75 Å². The summed E-state index contributed by atoms with van der Waals surface area (Å²) in [5.74, 6) is 1.28. The second kappa shape index (κ2) is 9.03. The number of fused-ring (bicyclic) bond motifs is 1. The SMILES string of the molecule is CCOc1ccccc1-c1noc(Cn2c(=O)n(C[C@H]3CCCO3)c(=O)c3ccccc32)n1. The van der Waals surface area contributed by atoms with E-state index in [0.717, 1.165) is 12.8 Å². The molecule has 0 saturated carbocycles. The second-order valence-electron chi connectivity index (χ2n) is 7.88. The number of hydrogen-bond acceptors (Lipinski definition) is 7. The van der Waals surface area contributed by atoms with E-state index < -0.39 is 5.69 Å². The fourth-order valence-corrected chi connectivity index (χ4v) is 4.17. The van der Waals surface area contributed by atoms with Gasteiger partial charge in [-0.3, -0.25) is 13.9 Å². The Morgan fingerprint density at radius 1 is 1.09 bits per heavy atom. The van der Waals surface area contributed by atoms with E-state index in [1.165, 1.54) is 9.13 Å². The second-order valence-corrected chi connectivity index (χ2v) is 7.88. The first-order valence-corrected chi connectivity index (χ1v) is 11.0. The van der Waals surface area contributed by atoms with E-state index in [0.29, 0.717) is 41.3 Å². The van der Waals surface area contributed by atoms with Gasteiger partial charge < -0.3 is 14.0 Å². The van der Waals surface area contributed by atoms with Gasteiger partial charge in [-0.25, -0.2) is 4.79 Å². The molecule has 170 valence electrons. The van der Waals surface area contributed by atoms with Crippen molar-refractivity contribution >= 4 is 10.9 Å². The quantitative estimate of drug-likeness (QED) is 0.428. The Balaban J connectivity index is 1.55. The van der Waals surface area contributed by atoms with Crippen LogP contribution in [0.15, 0.2) is 62.6 Å². The van der Waals surface area contributed by atoms with Crippen molar-refractivity contribution in [3.8, 4) is 17.1 Å². The van der Waals surface area contributed by atoms with Crippen LogP contribution in [0.25, 0.3) is 22.3 Å². The van der Waals surface area contributed by atoms with Gasteiger partial charge >= 0.3 is 5.69 Å². The number of nitrogens with zero attached hydrogens (tertiary/aromatic N) is 4. The van der Waals surface area contributed by atoms with Crippen LogP contribution in [0.3, 0.4) is 0 Å². The van der Waals surface area contributed by atoms with Gasteiger partial charge in [0.05, 0.1) is 35.7 Å². The zero-order valence-corrected chi connectivity index (χ0v) is 18.3. The summed E-state index contributed by atoms with van der Waals surface area (Å²) in [5, 5.41) is 4.54.